The van der Waals surface area contributed by atoms with Crippen LogP contribution < -0.4 is 4.74 Å². The summed E-state index contributed by atoms with van der Waals surface area (Å²) >= 11 is 12.6. The van der Waals surface area contributed by atoms with Gasteiger partial charge >= 0.3 is 0 Å². The summed E-state index contributed by atoms with van der Waals surface area (Å²) in [6.45, 7) is 7.26. The lowest BCUT2D eigenvalue weighted by Crippen LogP contribution is -2.40. The van der Waals surface area contributed by atoms with Crippen LogP contribution in [0.25, 0.3) is 0 Å². The van der Waals surface area contributed by atoms with Crippen LogP contribution in [0.2, 0.25) is 10.0 Å². The predicted molar refractivity (Wildman–Crippen MR) is 111 cm³/mol. The Labute approximate surface area is 175 Å². The molecule has 0 amide bonds. The molecule has 1 atom stereocenters. The van der Waals surface area contributed by atoms with E-state index in [-0.39, 0.29) is 5.92 Å². The summed E-state index contributed by atoms with van der Waals surface area (Å²) < 4.78 is 13.9. The molecule has 148 valence electrons. The van der Waals surface area contributed by atoms with Gasteiger partial charge in [-0.2, -0.15) is 5.10 Å². The summed E-state index contributed by atoms with van der Waals surface area (Å²) in [4.78, 5) is 4.04. The zero-order chi connectivity index (χ0) is 20.1. The third-order valence-corrected chi connectivity index (χ3v) is 5.21. The molecule has 3 aromatic rings. The highest BCUT2D eigenvalue weighted by Gasteiger charge is 2.39. The highest BCUT2D eigenvalue weighted by atomic mass is 35.5. The van der Waals surface area contributed by atoms with E-state index in [4.69, 9.17) is 32.7 Å². The molecule has 0 aliphatic rings. The number of ether oxygens (including phenoxy) is 2. The summed E-state index contributed by atoms with van der Waals surface area (Å²) in [5.74, 6) is 1.49. The standard InChI is InChI=1S/C21H23Cl2N3O2/c1-4-27-21(15(2)3,12-26-14-24-13-25-26)19-10-9-18(11-20(19)23)28-17-7-5-16(22)6-8-17/h5-11,13-15H,4,12H2,1-3H3. The molecule has 0 aliphatic heterocycles. The molecule has 28 heavy (non-hydrogen) atoms. The largest absolute Gasteiger partial charge is 0.457 e. The van der Waals surface area contributed by atoms with Gasteiger partial charge in [0.2, 0.25) is 0 Å². The van der Waals surface area contributed by atoms with Gasteiger partial charge in [0.05, 0.1) is 11.6 Å². The molecular formula is C21H23Cl2N3O2. The summed E-state index contributed by atoms with van der Waals surface area (Å²) in [6, 6.07) is 12.9. The minimum atomic E-state index is -0.641. The molecule has 0 saturated heterocycles. The molecule has 3 rings (SSSR count). The Hall–Kier alpha value is -2.08. The minimum absolute atomic E-state index is 0.150. The van der Waals surface area contributed by atoms with Crippen LogP contribution in [0.1, 0.15) is 26.3 Å². The van der Waals surface area contributed by atoms with Gasteiger partial charge in [0.15, 0.2) is 0 Å². The maximum atomic E-state index is 6.70. The van der Waals surface area contributed by atoms with Gasteiger partial charge in [-0.1, -0.05) is 43.1 Å². The van der Waals surface area contributed by atoms with Crippen molar-refractivity contribution in [2.75, 3.05) is 6.61 Å². The van der Waals surface area contributed by atoms with E-state index in [1.54, 1.807) is 23.1 Å². The van der Waals surface area contributed by atoms with Crippen molar-refractivity contribution in [3.8, 4) is 11.5 Å². The normalized spacial score (nSPS) is 13.5. The maximum absolute atomic E-state index is 6.70. The molecule has 0 fully saturated rings. The van der Waals surface area contributed by atoms with Crippen LogP contribution in [-0.2, 0) is 16.9 Å². The van der Waals surface area contributed by atoms with Crippen molar-refractivity contribution in [1.29, 1.82) is 0 Å². The van der Waals surface area contributed by atoms with Crippen LogP contribution in [0.3, 0.4) is 0 Å². The molecule has 0 spiro atoms. The van der Waals surface area contributed by atoms with Crippen LogP contribution in [-0.4, -0.2) is 21.4 Å². The maximum Gasteiger partial charge on any atom is 0.137 e. The van der Waals surface area contributed by atoms with E-state index >= 15 is 0 Å². The predicted octanol–water partition coefficient (Wildman–Crippen LogP) is 5.97. The monoisotopic (exact) mass is 419 g/mol. The first-order valence-electron chi connectivity index (χ1n) is 9.14. The number of aromatic nitrogens is 3. The molecule has 0 saturated carbocycles. The van der Waals surface area contributed by atoms with Gasteiger partial charge in [-0.3, -0.25) is 0 Å². The number of nitrogens with zero attached hydrogens (tertiary/aromatic N) is 3. The lowest BCUT2D eigenvalue weighted by Gasteiger charge is -2.38. The van der Waals surface area contributed by atoms with Crippen molar-refractivity contribution < 1.29 is 9.47 Å². The molecule has 5 nitrogen and oxygen atoms in total. The highest BCUT2D eigenvalue weighted by molar-refractivity contribution is 6.31. The average molecular weight is 420 g/mol. The zero-order valence-electron chi connectivity index (χ0n) is 16.1. The van der Waals surface area contributed by atoms with E-state index in [2.05, 4.69) is 23.9 Å². The average Bonchev–Trinajstić information content (AvgIpc) is 3.16. The van der Waals surface area contributed by atoms with Gasteiger partial charge in [0, 0.05) is 17.2 Å². The molecule has 0 N–H and O–H groups in total. The van der Waals surface area contributed by atoms with Crippen molar-refractivity contribution in [2.24, 2.45) is 5.92 Å². The first-order valence-corrected chi connectivity index (χ1v) is 9.90. The van der Waals surface area contributed by atoms with E-state index in [0.717, 1.165) is 5.56 Å². The number of benzene rings is 2. The Morgan fingerprint density at radius 2 is 1.79 bits per heavy atom. The Kier molecular flexibility index (Phi) is 6.60. The molecule has 1 aromatic heterocycles. The van der Waals surface area contributed by atoms with Crippen LogP contribution >= 0.6 is 23.2 Å². The fraction of sp³-hybridized carbons (Fsp3) is 0.333. The molecule has 0 radical (unpaired) electrons. The fourth-order valence-electron chi connectivity index (χ4n) is 3.22. The fourth-order valence-corrected chi connectivity index (χ4v) is 3.68. The van der Waals surface area contributed by atoms with Gasteiger partial charge in [-0.15, -0.1) is 0 Å². The third kappa shape index (κ3) is 4.49. The first kappa shape index (κ1) is 20.6. The van der Waals surface area contributed by atoms with E-state index < -0.39 is 5.60 Å². The number of halogens is 2. The van der Waals surface area contributed by atoms with Crippen molar-refractivity contribution >= 4 is 23.2 Å². The van der Waals surface area contributed by atoms with Crippen molar-refractivity contribution in [3.05, 3.63) is 70.7 Å². The van der Waals surface area contributed by atoms with Gasteiger partial charge in [0.1, 0.15) is 29.8 Å². The van der Waals surface area contributed by atoms with Gasteiger partial charge < -0.3 is 9.47 Å². The highest BCUT2D eigenvalue weighted by Crippen LogP contribution is 2.41. The second-order valence-electron chi connectivity index (χ2n) is 6.77. The molecule has 0 aliphatic carbocycles. The summed E-state index contributed by atoms with van der Waals surface area (Å²) in [5, 5.41) is 5.49. The number of hydrogen-bond donors (Lipinski definition) is 0. The van der Waals surface area contributed by atoms with Crippen molar-refractivity contribution in [3.63, 3.8) is 0 Å². The Balaban J connectivity index is 1.94. The zero-order valence-corrected chi connectivity index (χ0v) is 17.6. The summed E-state index contributed by atoms with van der Waals surface area (Å²) in [6.07, 6.45) is 3.20. The number of hydrogen-bond acceptors (Lipinski definition) is 4. The minimum Gasteiger partial charge on any atom is -0.457 e. The quantitative estimate of drug-likeness (QED) is 0.451. The van der Waals surface area contributed by atoms with E-state index in [9.17, 15) is 0 Å². The molecule has 0 bridgehead atoms. The SMILES string of the molecule is CCOC(Cn1cncn1)(c1ccc(Oc2ccc(Cl)cc2)cc1Cl)C(C)C. The molecule has 1 heterocycles. The second-order valence-corrected chi connectivity index (χ2v) is 7.61. The van der Waals surface area contributed by atoms with E-state index in [1.165, 1.54) is 6.33 Å². The lowest BCUT2D eigenvalue weighted by atomic mass is 9.82. The topological polar surface area (TPSA) is 49.2 Å². The van der Waals surface area contributed by atoms with E-state index in [0.29, 0.717) is 34.7 Å². The van der Waals surface area contributed by atoms with Crippen molar-refractivity contribution in [1.82, 2.24) is 14.8 Å². The summed E-state index contributed by atoms with van der Waals surface area (Å²) in [7, 11) is 0. The van der Waals surface area contributed by atoms with Gasteiger partial charge in [-0.05, 0) is 49.2 Å². The van der Waals surface area contributed by atoms with Crippen LogP contribution in [0.4, 0.5) is 0 Å². The Morgan fingerprint density at radius 3 is 2.36 bits per heavy atom. The molecular weight excluding hydrogens is 397 g/mol. The summed E-state index contributed by atoms with van der Waals surface area (Å²) in [5.41, 5.74) is 0.253. The van der Waals surface area contributed by atoms with Gasteiger partial charge in [-0.25, -0.2) is 9.67 Å². The number of rotatable bonds is 8. The molecule has 1 unspecified atom stereocenters. The van der Waals surface area contributed by atoms with Gasteiger partial charge in [0.25, 0.3) is 0 Å². The smallest absolute Gasteiger partial charge is 0.137 e. The first-order chi connectivity index (χ1) is 13.4. The second kappa shape index (κ2) is 8.95. The molecule has 7 heteroatoms. The third-order valence-electron chi connectivity index (χ3n) is 4.64. The van der Waals surface area contributed by atoms with Crippen LogP contribution in [0.15, 0.2) is 55.1 Å². The van der Waals surface area contributed by atoms with E-state index in [1.807, 2.05) is 37.3 Å². The Morgan fingerprint density at radius 1 is 1.07 bits per heavy atom. The van der Waals surface area contributed by atoms with Crippen molar-refractivity contribution in [2.45, 2.75) is 32.9 Å². The lowest BCUT2D eigenvalue weighted by molar-refractivity contribution is -0.0933. The Bertz CT molecular complexity index is 899. The van der Waals surface area contributed by atoms with Crippen LogP contribution in [0.5, 0.6) is 11.5 Å². The van der Waals surface area contributed by atoms with Crippen LogP contribution in [0, 0.1) is 5.92 Å². The molecule has 2 aromatic carbocycles.